The zero-order chi connectivity index (χ0) is 15.8. The first-order chi connectivity index (χ1) is 11.2. The normalized spacial score (nSPS) is 19.6. The third-order valence-electron chi connectivity index (χ3n) is 4.21. The quantitative estimate of drug-likeness (QED) is 0.801. The predicted octanol–water partition coefficient (Wildman–Crippen LogP) is 3.90. The molecule has 1 unspecified atom stereocenters. The number of aromatic nitrogens is 2. The van der Waals surface area contributed by atoms with Crippen molar-refractivity contribution in [3.63, 3.8) is 0 Å². The van der Waals surface area contributed by atoms with Gasteiger partial charge < -0.3 is 9.47 Å². The van der Waals surface area contributed by atoms with E-state index >= 15 is 0 Å². The lowest BCUT2D eigenvalue weighted by Gasteiger charge is -2.08. The number of hydrogen-bond acceptors (Lipinski definition) is 5. The van der Waals surface area contributed by atoms with E-state index in [9.17, 15) is 0 Å². The Labute approximate surface area is 139 Å². The molecule has 5 nitrogen and oxygen atoms in total. The summed E-state index contributed by atoms with van der Waals surface area (Å²) in [7, 11) is 0. The van der Waals surface area contributed by atoms with Crippen molar-refractivity contribution >= 4 is 23.0 Å². The van der Waals surface area contributed by atoms with Gasteiger partial charge in [0.15, 0.2) is 0 Å². The van der Waals surface area contributed by atoms with Gasteiger partial charge in [-0.3, -0.25) is 4.99 Å². The lowest BCUT2D eigenvalue weighted by molar-refractivity contribution is 0.193. The number of ether oxygens (including phenoxy) is 2. The molecule has 0 saturated carbocycles. The molecule has 1 aromatic carbocycles. The van der Waals surface area contributed by atoms with E-state index in [-0.39, 0.29) is 0 Å². The van der Waals surface area contributed by atoms with Crippen LogP contribution in [-0.4, -0.2) is 28.9 Å². The van der Waals surface area contributed by atoms with Gasteiger partial charge in [0.2, 0.25) is 5.88 Å². The van der Waals surface area contributed by atoms with Gasteiger partial charge in [0.1, 0.15) is 17.2 Å². The fourth-order valence-electron chi connectivity index (χ4n) is 3.08. The van der Waals surface area contributed by atoms with Crippen LogP contribution in [0.2, 0.25) is 5.15 Å². The maximum absolute atomic E-state index is 5.87. The Balaban J connectivity index is 1.58. The average molecular weight is 330 g/mol. The number of nitrogens with zero attached hydrogens (tertiary/aromatic N) is 3. The summed E-state index contributed by atoms with van der Waals surface area (Å²) in [4.78, 5) is 12.8. The monoisotopic (exact) mass is 329 g/mol. The second kappa shape index (κ2) is 5.91. The maximum atomic E-state index is 5.87. The van der Waals surface area contributed by atoms with Crippen LogP contribution in [0.15, 0.2) is 29.5 Å². The molecule has 2 aliphatic rings. The number of aryl methyl sites for hydroxylation is 1. The Morgan fingerprint density at radius 2 is 2.17 bits per heavy atom. The molecule has 23 heavy (non-hydrogen) atoms. The van der Waals surface area contributed by atoms with Crippen LogP contribution in [0.3, 0.4) is 0 Å². The van der Waals surface area contributed by atoms with Crippen molar-refractivity contribution in [2.24, 2.45) is 10.9 Å². The second-order valence-electron chi connectivity index (χ2n) is 5.87. The first-order valence-electron chi connectivity index (χ1n) is 7.63. The van der Waals surface area contributed by atoms with Gasteiger partial charge in [-0.25, -0.2) is 9.97 Å². The Kier molecular flexibility index (Phi) is 3.75. The second-order valence-corrected chi connectivity index (χ2v) is 6.26. The van der Waals surface area contributed by atoms with E-state index in [0.717, 1.165) is 43.1 Å². The van der Waals surface area contributed by atoms with E-state index in [2.05, 4.69) is 16.9 Å². The smallest absolute Gasteiger partial charge is 0.223 e. The molecular weight excluding hydrogens is 314 g/mol. The van der Waals surface area contributed by atoms with Gasteiger partial charge in [-0.15, -0.1) is 0 Å². The van der Waals surface area contributed by atoms with Crippen LogP contribution >= 0.6 is 11.6 Å². The highest BCUT2D eigenvalue weighted by molar-refractivity contribution is 6.29. The molecule has 2 aromatic rings. The van der Waals surface area contributed by atoms with E-state index in [1.165, 1.54) is 17.6 Å². The summed E-state index contributed by atoms with van der Waals surface area (Å²) in [6.07, 6.45) is 3.32. The minimum absolute atomic E-state index is 0.361. The standard InChI is InChI=1S/C17H16ClN3O2/c1-10-4-13(23-16-7-15(18)19-9-20-16)5-12-6-14(21-17(10)12)11-2-3-22-8-11/h4-5,7,9,11H,2-3,6,8H2,1H3. The fraction of sp³-hybridized carbons (Fsp3) is 0.353. The van der Waals surface area contributed by atoms with E-state index in [0.29, 0.717) is 17.0 Å². The van der Waals surface area contributed by atoms with Crippen molar-refractivity contribution in [3.05, 3.63) is 40.8 Å². The molecular formula is C17H16ClN3O2. The molecule has 0 aliphatic carbocycles. The van der Waals surface area contributed by atoms with Crippen LogP contribution < -0.4 is 4.74 Å². The van der Waals surface area contributed by atoms with Crippen molar-refractivity contribution in [1.82, 2.24) is 9.97 Å². The predicted molar refractivity (Wildman–Crippen MR) is 88.0 cm³/mol. The third kappa shape index (κ3) is 2.94. The summed E-state index contributed by atoms with van der Waals surface area (Å²) in [5.41, 5.74) is 4.59. The van der Waals surface area contributed by atoms with Crippen molar-refractivity contribution in [2.75, 3.05) is 13.2 Å². The van der Waals surface area contributed by atoms with Gasteiger partial charge in [0.25, 0.3) is 0 Å². The molecule has 0 radical (unpaired) electrons. The number of rotatable bonds is 3. The van der Waals surface area contributed by atoms with Crippen LogP contribution in [0.1, 0.15) is 17.5 Å². The lowest BCUT2D eigenvalue weighted by Crippen LogP contribution is -2.14. The third-order valence-corrected chi connectivity index (χ3v) is 4.42. The number of hydrogen-bond donors (Lipinski definition) is 0. The molecule has 3 heterocycles. The van der Waals surface area contributed by atoms with E-state index in [1.807, 2.05) is 12.1 Å². The number of halogens is 1. The molecule has 0 amide bonds. The molecule has 0 bridgehead atoms. The first kappa shape index (κ1) is 14.6. The molecule has 6 heteroatoms. The Morgan fingerprint density at radius 1 is 1.26 bits per heavy atom. The highest BCUT2D eigenvalue weighted by Crippen LogP contribution is 2.37. The van der Waals surface area contributed by atoms with Crippen LogP contribution in [0.25, 0.3) is 0 Å². The van der Waals surface area contributed by atoms with Crippen molar-refractivity contribution in [2.45, 2.75) is 19.8 Å². The van der Waals surface area contributed by atoms with Gasteiger partial charge in [-0.2, -0.15) is 0 Å². The van der Waals surface area contributed by atoms with Crippen LogP contribution in [-0.2, 0) is 11.2 Å². The summed E-state index contributed by atoms with van der Waals surface area (Å²) in [6, 6.07) is 5.61. The minimum atomic E-state index is 0.361. The molecule has 1 saturated heterocycles. The van der Waals surface area contributed by atoms with Crippen LogP contribution in [0.4, 0.5) is 5.69 Å². The molecule has 1 aromatic heterocycles. The van der Waals surface area contributed by atoms with Gasteiger partial charge in [-0.1, -0.05) is 11.6 Å². The molecule has 1 atom stereocenters. The maximum Gasteiger partial charge on any atom is 0.223 e. The Morgan fingerprint density at radius 3 is 2.96 bits per heavy atom. The lowest BCUT2D eigenvalue weighted by atomic mass is 9.98. The number of aliphatic imine (C=N–C) groups is 1. The highest BCUT2D eigenvalue weighted by Gasteiger charge is 2.27. The summed E-state index contributed by atoms with van der Waals surface area (Å²) >= 11 is 5.87. The number of fused-ring (bicyclic) bond motifs is 1. The molecule has 118 valence electrons. The molecule has 4 rings (SSSR count). The van der Waals surface area contributed by atoms with Crippen molar-refractivity contribution in [1.29, 1.82) is 0 Å². The van der Waals surface area contributed by atoms with Gasteiger partial charge in [-0.05, 0) is 36.6 Å². The Hall–Kier alpha value is -1.98. The van der Waals surface area contributed by atoms with Gasteiger partial charge in [0, 0.05) is 30.7 Å². The fourth-order valence-corrected chi connectivity index (χ4v) is 3.21. The zero-order valence-electron chi connectivity index (χ0n) is 12.8. The van der Waals surface area contributed by atoms with E-state index in [1.54, 1.807) is 6.07 Å². The first-order valence-corrected chi connectivity index (χ1v) is 8.01. The Bertz CT molecular complexity index is 785. The molecule has 0 N–H and O–H groups in total. The van der Waals surface area contributed by atoms with E-state index < -0.39 is 0 Å². The molecule has 0 spiro atoms. The largest absolute Gasteiger partial charge is 0.439 e. The van der Waals surface area contributed by atoms with Gasteiger partial charge in [0.05, 0.1) is 12.3 Å². The SMILES string of the molecule is Cc1cc(Oc2cc(Cl)ncn2)cc2c1N=C(C1CCOC1)C2. The van der Waals surface area contributed by atoms with E-state index in [4.69, 9.17) is 26.1 Å². The van der Waals surface area contributed by atoms with Gasteiger partial charge >= 0.3 is 0 Å². The summed E-state index contributed by atoms with van der Waals surface area (Å²) in [5.74, 6) is 1.63. The summed E-state index contributed by atoms with van der Waals surface area (Å²) in [6.45, 7) is 3.67. The number of benzene rings is 1. The van der Waals surface area contributed by atoms with Crippen molar-refractivity contribution in [3.8, 4) is 11.6 Å². The average Bonchev–Trinajstić information content (AvgIpc) is 3.16. The van der Waals surface area contributed by atoms with Crippen LogP contribution in [0, 0.1) is 12.8 Å². The molecule has 1 fully saturated rings. The van der Waals surface area contributed by atoms with Crippen LogP contribution in [0.5, 0.6) is 11.6 Å². The van der Waals surface area contributed by atoms with Crippen molar-refractivity contribution < 1.29 is 9.47 Å². The summed E-state index contributed by atoms with van der Waals surface area (Å²) in [5, 5.41) is 0.361. The highest BCUT2D eigenvalue weighted by atomic mass is 35.5. The topological polar surface area (TPSA) is 56.6 Å². The zero-order valence-corrected chi connectivity index (χ0v) is 13.5. The minimum Gasteiger partial charge on any atom is -0.439 e. The molecule has 2 aliphatic heterocycles. The summed E-state index contributed by atoms with van der Waals surface area (Å²) < 4.78 is 11.3.